The summed E-state index contributed by atoms with van der Waals surface area (Å²) in [5.74, 6) is 0.483. The summed E-state index contributed by atoms with van der Waals surface area (Å²) in [5, 5.41) is 8.80. The lowest BCUT2D eigenvalue weighted by molar-refractivity contribution is 0.574. The van der Waals surface area contributed by atoms with Gasteiger partial charge in [-0.2, -0.15) is 5.26 Å². The molecule has 2 rings (SSSR count). The molecule has 3 nitrogen and oxygen atoms in total. The molecule has 0 saturated carbocycles. The quantitative estimate of drug-likeness (QED) is 0.659. The average molecular weight is 170 g/mol. The van der Waals surface area contributed by atoms with Crippen LogP contribution >= 0.6 is 0 Å². The molecule has 62 valence electrons. The third-order valence-electron chi connectivity index (χ3n) is 1.71. The minimum absolute atomic E-state index is 0.483. The first-order valence-corrected chi connectivity index (χ1v) is 3.81. The van der Waals surface area contributed by atoms with Crippen molar-refractivity contribution in [2.24, 2.45) is 0 Å². The van der Waals surface area contributed by atoms with Crippen molar-refractivity contribution in [3.63, 3.8) is 0 Å². The van der Waals surface area contributed by atoms with Gasteiger partial charge in [0, 0.05) is 0 Å². The molecule has 0 N–H and O–H groups in total. The van der Waals surface area contributed by atoms with E-state index in [9.17, 15) is 0 Å². The standard InChI is InChI=1S/C10H6N2O/c11-7-8-3-1-2-4-9(8)10-12-5-6-13-10/h1-6H. The summed E-state index contributed by atoms with van der Waals surface area (Å²) in [7, 11) is 0. The Bertz CT molecular complexity index is 440. The van der Waals surface area contributed by atoms with Crippen molar-refractivity contribution in [2.45, 2.75) is 0 Å². The van der Waals surface area contributed by atoms with Crippen molar-refractivity contribution in [1.29, 1.82) is 5.26 Å². The van der Waals surface area contributed by atoms with E-state index in [4.69, 9.17) is 9.68 Å². The zero-order valence-corrected chi connectivity index (χ0v) is 6.77. The molecular weight excluding hydrogens is 164 g/mol. The van der Waals surface area contributed by atoms with Gasteiger partial charge in [0.15, 0.2) is 0 Å². The first-order chi connectivity index (χ1) is 6.42. The number of hydrogen-bond donors (Lipinski definition) is 0. The molecule has 0 radical (unpaired) electrons. The first-order valence-electron chi connectivity index (χ1n) is 3.81. The number of nitriles is 1. The highest BCUT2D eigenvalue weighted by atomic mass is 16.3. The van der Waals surface area contributed by atoms with Crippen molar-refractivity contribution in [3.8, 4) is 17.5 Å². The van der Waals surface area contributed by atoms with E-state index in [1.807, 2.05) is 18.2 Å². The van der Waals surface area contributed by atoms with Gasteiger partial charge in [-0.05, 0) is 12.1 Å². The lowest BCUT2D eigenvalue weighted by Gasteiger charge is -1.96. The number of nitrogens with zero attached hydrogens (tertiary/aromatic N) is 2. The van der Waals surface area contributed by atoms with Crippen molar-refractivity contribution >= 4 is 0 Å². The van der Waals surface area contributed by atoms with Crippen LogP contribution in [0.1, 0.15) is 5.56 Å². The van der Waals surface area contributed by atoms with E-state index in [2.05, 4.69) is 11.1 Å². The molecular formula is C10H6N2O. The molecule has 13 heavy (non-hydrogen) atoms. The Morgan fingerprint density at radius 1 is 1.31 bits per heavy atom. The Hall–Kier alpha value is -2.08. The maximum absolute atomic E-state index is 8.80. The average Bonchev–Trinajstić information content (AvgIpc) is 2.70. The van der Waals surface area contributed by atoms with Gasteiger partial charge in [-0.3, -0.25) is 0 Å². The van der Waals surface area contributed by atoms with E-state index in [0.29, 0.717) is 11.5 Å². The summed E-state index contributed by atoms with van der Waals surface area (Å²) in [6, 6.07) is 9.29. The summed E-state index contributed by atoms with van der Waals surface area (Å²) >= 11 is 0. The van der Waals surface area contributed by atoms with Gasteiger partial charge >= 0.3 is 0 Å². The third kappa shape index (κ3) is 1.30. The Morgan fingerprint density at radius 3 is 2.85 bits per heavy atom. The number of benzene rings is 1. The van der Waals surface area contributed by atoms with Gasteiger partial charge < -0.3 is 4.42 Å². The second-order valence-electron chi connectivity index (χ2n) is 2.49. The fourth-order valence-electron chi connectivity index (χ4n) is 1.12. The van der Waals surface area contributed by atoms with Gasteiger partial charge in [-0.1, -0.05) is 12.1 Å². The molecule has 0 aliphatic rings. The van der Waals surface area contributed by atoms with E-state index in [-0.39, 0.29) is 0 Å². The number of oxazole rings is 1. The largest absolute Gasteiger partial charge is 0.444 e. The lowest BCUT2D eigenvalue weighted by atomic mass is 10.1. The maximum Gasteiger partial charge on any atom is 0.227 e. The maximum atomic E-state index is 8.80. The van der Waals surface area contributed by atoms with Crippen LogP contribution in [-0.2, 0) is 0 Å². The number of hydrogen-bond acceptors (Lipinski definition) is 3. The predicted octanol–water partition coefficient (Wildman–Crippen LogP) is 2.21. The highest BCUT2D eigenvalue weighted by Crippen LogP contribution is 2.20. The van der Waals surface area contributed by atoms with Crippen molar-refractivity contribution < 1.29 is 4.42 Å². The van der Waals surface area contributed by atoms with Crippen LogP contribution in [0.25, 0.3) is 11.5 Å². The molecule has 0 aliphatic carbocycles. The van der Waals surface area contributed by atoms with Gasteiger partial charge in [-0.25, -0.2) is 4.98 Å². The Labute approximate surface area is 75.3 Å². The van der Waals surface area contributed by atoms with Crippen molar-refractivity contribution in [2.75, 3.05) is 0 Å². The van der Waals surface area contributed by atoms with Gasteiger partial charge in [0.05, 0.1) is 23.4 Å². The molecule has 0 fully saturated rings. The zero-order chi connectivity index (χ0) is 9.10. The van der Waals surface area contributed by atoms with Crippen LogP contribution in [-0.4, -0.2) is 4.98 Å². The van der Waals surface area contributed by atoms with E-state index < -0.39 is 0 Å². The second-order valence-corrected chi connectivity index (χ2v) is 2.49. The molecule has 0 saturated heterocycles. The van der Waals surface area contributed by atoms with Gasteiger partial charge in [0.25, 0.3) is 0 Å². The van der Waals surface area contributed by atoms with E-state index in [0.717, 1.165) is 5.56 Å². The molecule has 2 aromatic rings. The second kappa shape index (κ2) is 3.11. The van der Waals surface area contributed by atoms with E-state index >= 15 is 0 Å². The Kier molecular flexibility index (Phi) is 1.81. The molecule has 0 bridgehead atoms. The smallest absolute Gasteiger partial charge is 0.227 e. The highest BCUT2D eigenvalue weighted by Gasteiger charge is 2.06. The molecule has 1 aromatic carbocycles. The molecule has 0 unspecified atom stereocenters. The molecule has 0 atom stereocenters. The third-order valence-corrected chi connectivity index (χ3v) is 1.71. The summed E-state index contributed by atoms with van der Waals surface area (Å²) in [5.41, 5.74) is 1.31. The molecule has 1 heterocycles. The molecule has 0 amide bonds. The van der Waals surface area contributed by atoms with Crippen LogP contribution in [0.3, 0.4) is 0 Å². The summed E-state index contributed by atoms with van der Waals surface area (Å²) in [6.45, 7) is 0. The topological polar surface area (TPSA) is 49.8 Å². The molecule has 3 heteroatoms. The van der Waals surface area contributed by atoms with Crippen LogP contribution in [0.5, 0.6) is 0 Å². The van der Waals surface area contributed by atoms with Crippen LogP contribution in [0.15, 0.2) is 41.1 Å². The Morgan fingerprint density at radius 2 is 2.15 bits per heavy atom. The minimum atomic E-state index is 0.483. The molecule has 0 spiro atoms. The lowest BCUT2D eigenvalue weighted by Crippen LogP contribution is -1.82. The van der Waals surface area contributed by atoms with Gasteiger partial charge in [0.1, 0.15) is 6.26 Å². The van der Waals surface area contributed by atoms with Crippen LogP contribution < -0.4 is 0 Å². The van der Waals surface area contributed by atoms with Crippen molar-refractivity contribution in [3.05, 3.63) is 42.3 Å². The summed E-state index contributed by atoms with van der Waals surface area (Å²) in [4.78, 5) is 3.98. The highest BCUT2D eigenvalue weighted by molar-refractivity contribution is 5.62. The first kappa shape index (κ1) is 7.56. The van der Waals surface area contributed by atoms with E-state index in [1.165, 1.54) is 6.26 Å². The minimum Gasteiger partial charge on any atom is -0.444 e. The van der Waals surface area contributed by atoms with Crippen LogP contribution in [0.2, 0.25) is 0 Å². The normalized spacial score (nSPS) is 9.46. The van der Waals surface area contributed by atoms with Gasteiger partial charge in [-0.15, -0.1) is 0 Å². The van der Waals surface area contributed by atoms with Gasteiger partial charge in [0.2, 0.25) is 5.89 Å². The summed E-state index contributed by atoms with van der Waals surface area (Å²) in [6.07, 6.45) is 3.05. The monoisotopic (exact) mass is 170 g/mol. The summed E-state index contributed by atoms with van der Waals surface area (Å²) < 4.78 is 5.10. The Balaban J connectivity index is 2.59. The molecule has 0 aliphatic heterocycles. The predicted molar refractivity (Wildman–Crippen MR) is 46.7 cm³/mol. The SMILES string of the molecule is N#Cc1ccccc1-c1ncco1. The van der Waals surface area contributed by atoms with Crippen LogP contribution in [0.4, 0.5) is 0 Å². The fourth-order valence-corrected chi connectivity index (χ4v) is 1.12. The molecule has 1 aromatic heterocycles. The zero-order valence-electron chi connectivity index (χ0n) is 6.77. The number of rotatable bonds is 1. The van der Waals surface area contributed by atoms with Crippen LogP contribution in [0, 0.1) is 11.3 Å². The fraction of sp³-hybridized carbons (Fsp3) is 0. The van der Waals surface area contributed by atoms with E-state index in [1.54, 1.807) is 12.3 Å². The van der Waals surface area contributed by atoms with Crippen molar-refractivity contribution in [1.82, 2.24) is 4.98 Å². The number of aromatic nitrogens is 1.